The van der Waals surface area contributed by atoms with Gasteiger partial charge in [-0.2, -0.15) is 0 Å². The predicted molar refractivity (Wildman–Crippen MR) is 99.8 cm³/mol. The molecule has 0 atom stereocenters. The molecule has 0 spiro atoms. The van der Waals surface area contributed by atoms with E-state index in [2.05, 4.69) is 4.90 Å². The molecule has 4 rings (SSSR count). The highest BCUT2D eigenvalue weighted by molar-refractivity contribution is 5.67. The fourth-order valence-electron chi connectivity index (χ4n) is 3.48. The van der Waals surface area contributed by atoms with E-state index in [-0.39, 0.29) is 18.2 Å². The summed E-state index contributed by atoms with van der Waals surface area (Å²) in [7, 11) is 0. The number of nitro groups is 2. The van der Waals surface area contributed by atoms with E-state index in [0.717, 1.165) is 42.8 Å². The van der Waals surface area contributed by atoms with Gasteiger partial charge in [0.1, 0.15) is 5.69 Å². The molecule has 1 saturated heterocycles. The Kier molecular flexibility index (Phi) is 4.70. The van der Waals surface area contributed by atoms with E-state index in [1.165, 1.54) is 12.1 Å². The smallest absolute Gasteiger partial charge is 0.299 e. The van der Waals surface area contributed by atoms with Crippen LogP contribution in [-0.4, -0.2) is 47.7 Å². The van der Waals surface area contributed by atoms with E-state index in [0.29, 0.717) is 18.8 Å². The molecule has 28 heavy (non-hydrogen) atoms. The molecule has 0 aromatic heterocycles. The summed E-state index contributed by atoms with van der Waals surface area (Å²) in [5.74, 6) is 1.50. The molecule has 0 bridgehead atoms. The molecule has 1 fully saturated rings. The van der Waals surface area contributed by atoms with Crippen LogP contribution in [0.15, 0.2) is 36.4 Å². The van der Waals surface area contributed by atoms with Gasteiger partial charge in [-0.25, -0.2) is 0 Å². The number of non-ortho nitro benzene ring substituents is 1. The summed E-state index contributed by atoms with van der Waals surface area (Å²) in [5, 5.41) is 22.3. The highest BCUT2D eigenvalue weighted by Gasteiger charge is 2.26. The summed E-state index contributed by atoms with van der Waals surface area (Å²) in [6.07, 6.45) is 0. The normalized spacial score (nSPS) is 16.2. The number of benzene rings is 2. The van der Waals surface area contributed by atoms with E-state index in [1.807, 2.05) is 23.1 Å². The van der Waals surface area contributed by atoms with E-state index in [9.17, 15) is 20.2 Å². The first-order valence-electron chi connectivity index (χ1n) is 8.80. The Morgan fingerprint density at radius 3 is 2.36 bits per heavy atom. The molecule has 0 aliphatic carbocycles. The largest absolute Gasteiger partial charge is 0.454 e. The van der Waals surface area contributed by atoms with Crippen molar-refractivity contribution in [3.63, 3.8) is 0 Å². The summed E-state index contributed by atoms with van der Waals surface area (Å²) in [5.41, 5.74) is 1.01. The quantitative estimate of drug-likeness (QED) is 0.569. The van der Waals surface area contributed by atoms with Gasteiger partial charge in [-0.05, 0) is 23.8 Å². The van der Waals surface area contributed by atoms with Gasteiger partial charge in [-0.15, -0.1) is 0 Å². The summed E-state index contributed by atoms with van der Waals surface area (Å²) in [6, 6.07) is 9.66. The van der Waals surface area contributed by atoms with Gasteiger partial charge in [-0.3, -0.25) is 25.1 Å². The lowest BCUT2D eigenvalue weighted by Gasteiger charge is -2.35. The minimum Gasteiger partial charge on any atom is -0.454 e. The number of hydrogen-bond acceptors (Lipinski definition) is 8. The van der Waals surface area contributed by atoms with Crippen molar-refractivity contribution in [1.82, 2.24) is 4.90 Å². The van der Waals surface area contributed by atoms with Crippen molar-refractivity contribution < 1.29 is 19.3 Å². The average molecular weight is 386 g/mol. The lowest BCUT2D eigenvalue weighted by atomic mass is 10.1. The highest BCUT2D eigenvalue weighted by atomic mass is 16.7. The first kappa shape index (κ1) is 18.0. The molecule has 0 radical (unpaired) electrons. The zero-order chi connectivity index (χ0) is 19.7. The molecule has 0 saturated carbocycles. The third-order valence-corrected chi connectivity index (χ3v) is 4.92. The molecule has 2 aliphatic heterocycles. The molecular weight excluding hydrogens is 368 g/mol. The molecule has 0 unspecified atom stereocenters. The number of hydrogen-bond donors (Lipinski definition) is 0. The summed E-state index contributed by atoms with van der Waals surface area (Å²) >= 11 is 0. The fourth-order valence-corrected chi connectivity index (χ4v) is 3.48. The lowest BCUT2D eigenvalue weighted by molar-refractivity contribution is -0.393. The van der Waals surface area contributed by atoms with Gasteiger partial charge in [0.25, 0.3) is 11.4 Å². The third-order valence-electron chi connectivity index (χ3n) is 4.92. The van der Waals surface area contributed by atoms with E-state index in [1.54, 1.807) is 0 Å². The van der Waals surface area contributed by atoms with Crippen LogP contribution in [0.4, 0.5) is 17.1 Å². The minimum atomic E-state index is -0.625. The number of ether oxygens (including phenoxy) is 2. The van der Waals surface area contributed by atoms with Gasteiger partial charge in [0, 0.05) is 38.8 Å². The van der Waals surface area contributed by atoms with Crippen LogP contribution in [-0.2, 0) is 6.54 Å². The van der Waals surface area contributed by atoms with Crippen LogP contribution in [0.25, 0.3) is 0 Å². The van der Waals surface area contributed by atoms with Crippen LogP contribution < -0.4 is 14.4 Å². The lowest BCUT2D eigenvalue weighted by Crippen LogP contribution is -2.46. The SMILES string of the molecule is O=[N+]([O-])c1ccc(N2CCN(Cc3ccc4c(c3)OCO4)CC2)c([N+](=O)[O-])c1. The predicted octanol–water partition coefficient (Wildman–Crippen LogP) is 2.55. The zero-order valence-corrected chi connectivity index (χ0v) is 14.9. The summed E-state index contributed by atoms with van der Waals surface area (Å²) in [4.78, 5) is 25.2. The topological polar surface area (TPSA) is 111 Å². The van der Waals surface area contributed by atoms with Crippen molar-refractivity contribution in [2.24, 2.45) is 0 Å². The van der Waals surface area contributed by atoms with E-state index >= 15 is 0 Å². The third kappa shape index (κ3) is 3.54. The van der Waals surface area contributed by atoms with Gasteiger partial charge < -0.3 is 14.4 Å². The fraction of sp³-hybridized carbons (Fsp3) is 0.333. The van der Waals surface area contributed by atoms with Gasteiger partial charge in [0.05, 0.1) is 15.9 Å². The van der Waals surface area contributed by atoms with Gasteiger partial charge >= 0.3 is 0 Å². The molecule has 2 heterocycles. The number of rotatable bonds is 5. The van der Waals surface area contributed by atoms with Gasteiger partial charge in [0.2, 0.25) is 6.79 Å². The highest BCUT2D eigenvalue weighted by Crippen LogP contribution is 2.34. The first-order chi connectivity index (χ1) is 13.5. The minimum absolute atomic E-state index is 0.238. The Labute approximate surface area is 160 Å². The van der Waals surface area contributed by atoms with E-state index < -0.39 is 9.85 Å². The number of nitrogens with zero attached hydrogens (tertiary/aromatic N) is 4. The maximum Gasteiger partial charge on any atom is 0.299 e. The maximum absolute atomic E-state index is 11.4. The summed E-state index contributed by atoms with van der Waals surface area (Å²) < 4.78 is 10.7. The van der Waals surface area contributed by atoms with Crippen LogP contribution >= 0.6 is 0 Å². The Bertz CT molecular complexity index is 926. The van der Waals surface area contributed by atoms with Crippen molar-refractivity contribution in [1.29, 1.82) is 0 Å². The maximum atomic E-state index is 11.4. The number of fused-ring (bicyclic) bond motifs is 1. The van der Waals surface area contributed by atoms with Crippen LogP contribution in [0, 0.1) is 20.2 Å². The number of nitro benzene ring substituents is 2. The monoisotopic (exact) mass is 386 g/mol. The molecule has 2 aromatic carbocycles. The van der Waals surface area contributed by atoms with E-state index in [4.69, 9.17) is 9.47 Å². The molecule has 10 heteroatoms. The molecule has 0 N–H and O–H groups in total. The van der Waals surface area contributed by atoms with Crippen LogP contribution in [0.2, 0.25) is 0 Å². The van der Waals surface area contributed by atoms with Crippen LogP contribution in [0.3, 0.4) is 0 Å². The zero-order valence-electron chi connectivity index (χ0n) is 14.9. The van der Waals surface area contributed by atoms with Crippen molar-refractivity contribution >= 4 is 17.1 Å². The molecular formula is C18H18N4O6. The van der Waals surface area contributed by atoms with Crippen LogP contribution in [0.5, 0.6) is 11.5 Å². The second kappa shape index (κ2) is 7.31. The molecule has 10 nitrogen and oxygen atoms in total. The van der Waals surface area contributed by atoms with Crippen molar-refractivity contribution in [3.8, 4) is 11.5 Å². The Balaban J connectivity index is 1.43. The number of anilines is 1. The standard InChI is InChI=1S/C18H18N4O6/c23-21(24)14-2-3-15(16(10-14)22(25)26)20-7-5-19(6-8-20)11-13-1-4-17-18(9-13)28-12-27-17/h1-4,9-10H,5-8,11-12H2. The van der Waals surface area contributed by atoms with Gasteiger partial charge in [0.15, 0.2) is 11.5 Å². The molecule has 146 valence electrons. The molecule has 2 aliphatic rings. The van der Waals surface area contributed by atoms with Crippen LogP contribution in [0.1, 0.15) is 5.56 Å². The Morgan fingerprint density at radius 1 is 0.893 bits per heavy atom. The molecule has 0 amide bonds. The number of piperazine rings is 1. The average Bonchev–Trinajstić information content (AvgIpc) is 3.16. The summed E-state index contributed by atoms with van der Waals surface area (Å²) in [6.45, 7) is 3.63. The first-order valence-corrected chi connectivity index (χ1v) is 8.80. The van der Waals surface area contributed by atoms with Crippen molar-refractivity contribution in [2.45, 2.75) is 6.54 Å². The van der Waals surface area contributed by atoms with Crippen molar-refractivity contribution in [3.05, 3.63) is 62.2 Å². The Morgan fingerprint density at radius 2 is 1.64 bits per heavy atom. The van der Waals surface area contributed by atoms with Gasteiger partial charge in [-0.1, -0.05) is 6.07 Å². The van der Waals surface area contributed by atoms with Crippen molar-refractivity contribution in [2.75, 3.05) is 37.9 Å². The second-order valence-corrected chi connectivity index (χ2v) is 6.64. The second-order valence-electron chi connectivity index (χ2n) is 6.64. The molecule has 2 aromatic rings. The Hall–Kier alpha value is -3.40.